The molecule has 5 rings (SSSR count). The van der Waals surface area contributed by atoms with Crippen LogP contribution in [0.5, 0.6) is 5.75 Å². The van der Waals surface area contributed by atoms with Crippen LogP contribution in [0.4, 0.5) is 22.0 Å². The summed E-state index contributed by atoms with van der Waals surface area (Å²) >= 11 is 6.22. The zero-order valence-corrected chi connectivity index (χ0v) is 22.0. The van der Waals surface area contributed by atoms with E-state index in [-0.39, 0.29) is 35.9 Å². The lowest BCUT2D eigenvalue weighted by atomic mass is 9.89. The van der Waals surface area contributed by atoms with Crippen LogP contribution in [0.1, 0.15) is 29.2 Å². The van der Waals surface area contributed by atoms with Gasteiger partial charge in [0, 0.05) is 23.7 Å². The highest BCUT2D eigenvalue weighted by Crippen LogP contribution is 2.38. The minimum atomic E-state index is -4.79. The van der Waals surface area contributed by atoms with Gasteiger partial charge in [0.1, 0.15) is 17.4 Å². The Balaban J connectivity index is 1.41. The second-order valence-corrected chi connectivity index (χ2v) is 9.84. The summed E-state index contributed by atoms with van der Waals surface area (Å²) in [6, 6.07) is 22.2. The number of alkyl halides is 3. The molecule has 41 heavy (non-hydrogen) atoms. The van der Waals surface area contributed by atoms with E-state index in [1.807, 2.05) is 0 Å². The van der Waals surface area contributed by atoms with Gasteiger partial charge in [-0.2, -0.15) is 0 Å². The van der Waals surface area contributed by atoms with Crippen molar-refractivity contribution in [3.8, 4) is 16.9 Å². The molecular weight excluding hydrogens is 563 g/mol. The second kappa shape index (κ2) is 11.7. The summed E-state index contributed by atoms with van der Waals surface area (Å²) < 4.78 is 70.6. The van der Waals surface area contributed by atoms with Crippen molar-refractivity contribution in [1.29, 1.82) is 0 Å². The number of rotatable bonds is 7. The molecule has 0 spiro atoms. The number of amides is 1. The third-order valence-corrected chi connectivity index (χ3v) is 7.13. The van der Waals surface area contributed by atoms with Gasteiger partial charge in [0.05, 0.1) is 17.5 Å². The van der Waals surface area contributed by atoms with Crippen LogP contribution in [0.2, 0.25) is 5.02 Å². The number of benzene rings is 4. The average molecular weight is 585 g/mol. The van der Waals surface area contributed by atoms with Gasteiger partial charge in [-0.15, -0.1) is 13.2 Å². The Labute approximate surface area is 237 Å². The van der Waals surface area contributed by atoms with E-state index in [0.29, 0.717) is 27.3 Å². The first kappa shape index (κ1) is 28.3. The lowest BCUT2D eigenvalue weighted by Crippen LogP contribution is -2.32. The Morgan fingerprint density at radius 2 is 1.49 bits per heavy atom. The van der Waals surface area contributed by atoms with Gasteiger partial charge in [0.25, 0.3) is 0 Å². The van der Waals surface area contributed by atoms with Gasteiger partial charge in [0.2, 0.25) is 5.91 Å². The van der Waals surface area contributed by atoms with E-state index in [0.717, 1.165) is 12.1 Å². The lowest BCUT2D eigenvalue weighted by molar-refractivity contribution is -0.274. The third-order valence-electron chi connectivity index (χ3n) is 6.76. The van der Waals surface area contributed by atoms with Gasteiger partial charge in [-0.05, 0) is 52.6 Å². The van der Waals surface area contributed by atoms with Crippen LogP contribution < -0.4 is 10.1 Å². The summed E-state index contributed by atoms with van der Waals surface area (Å²) in [5, 5.41) is 3.36. The Bertz CT molecular complexity index is 1570. The first-order valence-electron chi connectivity index (χ1n) is 12.6. The summed E-state index contributed by atoms with van der Waals surface area (Å²) in [6.07, 6.45) is -4.77. The minimum absolute atomic E-state index is 0.0132. The zero-order chi connectivity index (χ0) is 29.1. The summed E-state index contributed by atoms with van der Waals surface area (Å²) in [5.74, 6) is -2.98. The molecule has 1 aliphatic rings. The number of ether oxygens (including phenoxy) is 1. The molecule has 0 unspecified atom stereocenters. The quantitative estimate of drug-likeness (QED) is 0.223. The van der Waals surface area contributed by atoms with Crippen molar-refractivity contribution in [1.82, 2.24) is 5.32 Å². The maximum atomic E-state index is 14.6. The number of hydrogen-bond acceptors (Lipinski definition) is 3. The largest absolute Gasteiger partial charge is 0.573 e. The second-order valence-electron chi connectivity index (χ2n) is 9.43. The maximum Gasteiger partial charge on any atom is 0.573 e. The molecule has 0 aliphatic carbocycles. The van der Waals surface area contributed by atoms with Crippen LogP contribution in [0.25, 0.3) is 11.1 Å². The first-order valence-corrected chi connectivity index (χ1v) is 12.9. The smallest absolute Gasteiger partial charge is 0.406 e. The fourth-order valence-corrected chi connectivity index (χ4v) is 4.99. The van der Waals surface area contributed by atoms with Crippen molar-refractivity contribution in [3.63, 3.8) is 0 Å². The predicted molar refractivity (Wildman–Crippen MR) is 146 cm³/mol. The number of nitrogens with one attached hydrogen (secondary N) is 1. The van der Waals surface area contributed by atoms with E-state index >= 15 is 0 Å². The molecule has 4 aromatic carbocycles. The Kier molecular flexibility index (Phi) is 8.08. The van der Waals surface area contributed by atoms with E-state index in [2.05, 4.69) is 15.0 Å². The van der Waals surface area contributed by atoms with Crippen molar-refractivity contribution in [2.24, 2.45) is 10.9 Å². The number of nitrogens with zero attached hydrogens (tertiary/aromatic N) is 1. The molecule has 4 nitrogen and oxygen atoms in total. The van der Waals surface area contributed by atoms with E-state index in [1.54, 1.807) is 48.5 Å². The van der Waals surface area contributed by atoms with Crippen molar-refractivity contribution in [3.05, 3.63) is 124 Å². The molecule has 0 aromatic heterocycles. The number of carbonyl (C=O) groups is 1. The molecule has 10 heteroatoms. The first-order chi connectivity index (χ1) is 19.6. The summed E-state index contributed by atoms with van der Waals surface area (Å²) in [6.45, 7) is 0.165. The molecule has 1 N–H and O–H groups in total. The van der Waals surface area contributed by atoms with Crippen LogP contribution >= 0.6 is 11.6 Å². The Morgan fingerprint density at radius 1 is 0.878 bits per heavy atom. The van der Waals surface area contributed by atoms with Crippen molar-refractivity contribution in [2.75, 3.05) is 0 Å². The van der Waals surface area contributed by atoms with Gasteiger partial charge in [0.15, 0.2) is 0 Å². The standard InChI is InChI=1S/C31H22ClF5N2O2/c32-24-5-2-1-4-21(24)17-38-30(40)23-16-27(28-25(33)6-3-7-26(28)34)39-29(23)20-10-8-18(9-11-20)19-12-14-22(15-13-19)41-31(35,36)37/h1-15,23,29H,16-17H2,(H,38,40)/t23-,29-/m0/s1. The molecule has 4 aromatic rings. The minimum Gasteiger partial charge on any atom is -0.406 e. The van der Waals surface area contributed by atoms with Crippen LogP contribution in [-0.2, 0) is 11.3 Å². The fraction of sp³-hybridized carbons (Fsp3) is 0.161. The molecule has 2 atom stereocenters. The summed E-state index contributed by atoms with van der Waals surface area (Å²) in [5.41, 5.74) is 2.58. The van der Waals surface area contributed by atoms with Gasteiger partial charge in [-0.1, -0.05) is 72.3 Å². The van der Waals surface area contributed by atoms with E-state index in [9.17, 15) is 26.7 Å². The molecular formula is C31H22ClF5N2O2. The molecule has 0 radical (unpaired) electrons. The van der Waals surface area contributed by atoms with Crippen LogP contribution in [0, 0.1) is 17.6 Å². The lowest BCUT2D eigenvalue weighted by Gasteiger charge is -2.19. The fourth-order valence-electron chi connectivity index (χ4n) is 4.79. The maximum absolute atomic E-state index is 14.6. The van der Waals surface area contributed by atoms with Crippen LogP contribution in [-0.4, -0.2) is 18.0 Å². The monoisotopic (exact) mass is 584 g/mol. The molecule has 1 aliphatic heterocycles. The van der Waals surface area contributed by atoms with Gasteiger partial charge < -0.3 is 10.1 Å². The summed E-state index contributed by atoms with van der Waals surface area (Å²) in [4.78, 5) is 18.0. The third kappa shape index (κ3) is 6.57. The SMILES string of the molecule is O=C(NCc1ccccc1Cl)[C@H]1CC(c2c(F)cccc2F)=N[C@H]1c1ccc(-c2ccc(OC(F)(F)F)cc2)cc1. The molecule has 0 saturated carbocycles. The molecule has 0 fully saturated rings. The van der Waals surface area contributed by atoms with Crippen LogP contribution in [0.3, 0.4) is 0 Å². The predicted octanol–water partition coefficient (Wildman–Crippen LogP) is 8.05. The van der Waals surface area contributed by atoms with Crippen LogP contribution in [0.15, 0.2) is 96.0 Å². The van der Waals surface area contributed by atoms with Crippen molar-refractivity contribution >= 4 is 23.2 Å². The van der Waals surface area contributed by atoms with Crippen molar-refractivity contribution in [2.45, 2.75) is 25.4 Å². The highest BCUT2D eigenvalue weighted by atomic mass is 35.5. The zero-order valence-electron chi connectivity index (χ0n) is 21.3. The van der Waals surface area contributed by atoms with Gasteiger partial charge >= 0.3 is 6.36 Å². The topological polar surface area (TPSA) is 50.7 Å². The van der Waals surface area contributed by atoms with Gasteiger partial charge in [-0.25, -0.2) is 8.78 Å². The molecule has 0 saturated heterocycles. The number of aliphatic imine (C=N–C) groups is 1. The van der Waals surface area contributed by atoms with E-state index in [4.69, 9.17) is 11.6 Å². The van der Waals surface area contributed by atoms with E-state index in [1.165, 1.54) is 30.3 Å². The average Bonchev–Trinajstić information content (AvgIpc) is 3.37. The number of carbonyl (C=O) groups excluding carboxylic acids is 1. The molecule has 0 bridgehead atoms. The highest BCUT2D eigenvalue weighted by Gasteiger charge is 2.38. The molecule has 1 heterocycles. The number of halogens is 6. The highest BCUT2D eigenvalue weighted by molar-refractivity contribution is 6.31. The Hall–Kier alpha value is -4.24. The van der Waals surface area contributed by atoms with Gasteiger partial charge in [-0.3, -0.25) is 9.79 Å². The molecule has 1 amide bonds. The normalized spacial score (nSPS) is 16.8. The Morgan fingerprint density at radius 3 is 2.10 bits per heavy atom. The molecule has 210 valence electrons. The van der Waals surface area contributed by atoms with Crippen molar-refractivity contribution < 1.29 is 31.5 Å². The van der Waals surface area contributed by atoms with E-state index < -0.39 is 30.0 Å². The summed E-state index contributed by atoms with van der Waals surface area (Å²) in [7, 11) is 0. The number of hydrogen-bond donors (Lipinski definition) is 1.